The monoisotopic (exact) mass is 293 g/mol. The van der Waals surface area contributed by atoms with Crippen molar-refractivity contribution in [3.05, 3.63) is 34.9 Å². The van der Waals surface area contributed by atoms with Crippen LogP contribution in [0.15, 0.2) is 24.3 Å². The van der Waals surface area contributed by atoms with Gasteiger partial charge in [-0.1, -0.05) is 36.6 Å². The van der Waals surface area contributed by atoms with Crippen molar-refractivity contribution in [2.24, 2.45) is 0 Å². The lowest BCUT2D eigenvalue weighted by Gasteiger charge is -2.24. The van der Waals surface area contributed by atoms with Crippen LogP contribution in [-0.2, 0) is 4.74 Å². The first kappa shape index (κ1) is 14.4. The molecule has 1 aromatic rings. The highest BCUT2D eigenvalue weighted by atomic mass is 35.5. The molecule has 0 radical (unpaired) electrons. The third-order valence-corrected chi connectivity index (χ3v) is 5.09. The molecule has 2 aliphatic rings. The van der Waals surface area contributed by atoms with Gasteiger partial charge in [-0.15, -0.1) is 0 Å². The molecular formula is C17H24ClNO. The van der Waals surface area contributed by atoms with E-state index in [1.54, 1.807) is 0 Å². The minimum Gasteiger partial charge on any atom is -0.370 e. The minimum atomic E-state index is 0.242. The Labute approximate surface area is 126 Å². The average Bonchev–Trinajstić information content (AvgIpc) is 3.07. The van der Waals surface area contributed by atoms with Gasteiger partial charge in [-0.3, -0.25) is 0 Å². The smallest absolute Gasteiger partial charge is 0.0708 e. The molecule has 3 heteroatoms. The molecule has 1 unspecified atom stereocenters. The maximum absolute atomic E-state index is 6.33. The molecule has 0 aromatic heterocycles. The Morgan fingerprint density at radius 3 is 2.90 bits per heavy atom. The summed E-state index contributed by atoms with van der Waals surface area (Å²) in [6, 6.07) is 8.40. The van der Waals surface area contributed by atoms with Gasteiger partial charge in [0.1, 0.15) is 0 Å². The Balaban J connectivity index is 1.50. The Morgan fingerprint density at radius 1 is 1.35 bits per heavy atom. The minimum absolute atomic E-state index is 0.242. The normalized spacial score (nSPS) is 26.2. The first-order valence-corrected chi connectivity index (χ1v) is 8.21. The molecule has 1 N–H and O–H groups in total. The predicted octanol–water partition coefficient (Wildman–Crippen LogP) is 4.48. The molecule has 1 saturated carbocycles. The highest BCUT2D eigenvalue weighted by Crippen LogP contribution is 2.43. The molecule has 110 valence electrons. The maximum Gasteiger partial charge on any atom is 0.0708 e. The average molecular weight is 294 g/mol. The highest BCUT2D eigenvalue weighted by Gasteiger charge is 2.41. The molecule has 0 amide bonds. The number of rotatable bonds is 4. The van der Waals surface area contributed by atoms with Crippen LogP contribution in [-0.4, -0.2) is 18.2 Å². The molecular weight excluding hydrogens is 270 g/mol. The molecule has 2 fully saturated rings. The molecule has 1 aliphatic carbocycles. The Hall–Kier alpha value is -0.570. The Morgan fingerprint density at radius 2 is 2.15 bits per heavy atom. The van der Waals surface area contributed by atoms with Gasteiger partial charge in [0.15, 0.2) is 0 Å². The topological polar surface area (TPSA) is 21.3 Å². The van der Waals surface area contributed by atoms with E-state index in [2.05, 4.69) is 18.3 Å². The fraction of sp³-hybridized carbons (Fsp3) is 0.647. The maximum atomic E-state index is 6.33. The first-order chi connectivity index (χ1) is 9.67. The third kappa shape index (κ3) is 3.19. The summed E-state index contributed by atoms with van der Waals surface area (Å²) < 4.78 is 6.33. The fourth-order valence-corrected chi connectivity index (χ4v) is 3.83. The van der Waals surface area contributed by atoms with Gasteiger partial charge in [-0.2, -0.15) is 0 Å². The van der Waals surface area contributed by atoms with Crippen molar-refractivity contribution < 1.29 is 4.74 Å². The Bertz CT molecular complexity index is 456. The molecule has 2 nitrogen and oxygen atoms in total. The second-order valence-corrected chi connectivity index (χ2v) is 6.79. The van der Waals surface area contributed by atoms with Gasteiger partial charge < -0.3 is 10.1 Å². The van der Waals surface area contributed by atoms with Crippen molar-refractivity contribution in [1.82, 2.24) is 5.32 Å². The lowest BCUT2D eigenvalue weighted by molar-refractivity contribution is -0.0357. The lowest BCUT2D eigenvalue weighted by atomic mass is 9.98. The van der Waals surface area contributed by atoms with Crippen LogP contribution in [0.1, 0.15) is 57.1 Å². The summed E-state index contributed by atoms with van der Waals surface area (Å²) in [5, 5.41) is 4.39. The van der Waals surface area contributed by atoms with Crippen LogP contribution in [0.3, 0.4) is 0 Å². The van der Waals surface area contributed by atoms with Crippen LogP contribution in [0.4, 0.5) is 0 Å². The number of hydrogen-bond acceptors (Lipinski definition) is 2. The summed E-state index contributed by atoms with van der Waals surface area (Å²) >= 11 is 6.05. The second-order valence-electron chi connectivity index (χ2n) is 6.35. The molecule has 20 heavy (non-hydrogen) atoms. The van der Waals surface area contributed by atoms with Gasteiger partial charge in [-0.25, -0.2) is 0 Å². The summed E-state index contributed by atoms with van der Waals surface area (Å²) in [6.07, 6.45) is 8.08. The molecule has 1 spiro atoms. The number of halogens is 1. The molecule has 1 aliphatic heterocycles. The van der Waals surface area contributed by atoms with Crippen LogP contribution >= 0.6 is 11.6 Å². The fourth-order valence-electron chi connectivity index (χ4n) is 3.63. The number of nitrogens with one attached hydrogen (secondary N) is 1. The standard InChI is InChI=1S/C17H24ClNO/c1-13(14-5-4-6-15(18)11-14)19-12-16-7-10-17(20-16)8-2-3-9-17/h4-6,11,13,16,19H,2-3,7-10,12H2,1H3/t13-,16?/m1/s1. The number of hydrogen-bond donors (Lipinski definition) is 1. The predicted molar refractivity (Wildman–Crippen MR) is 83.2 cm³/mol. The van der Waals surface area contributed by atoms with Gasteiger partial charge in [0, 0.05) is 17.6 Å². The lowest BCUT2D eigenvalue weighted by Crippen LogP contribution is -2.32. The molecule has 3 rings (SSSR count). The van der Waals surface area contributed by atoms with Crippen molar-refractivity contribution in [3.8, 4) is 0 Å². The number of ether oxygens (including phenoxy) is 1. The summed E-state index contributed by atoms with van der Waals surface area (Å²) in [6.45, 7) is 3.13. The summed E-state index contributed by atoms with van der Waals surface area (Å²) in [5.41, 5.74) is 1.48. The van der Waals surface area contributed by atoms with E-state index in [9.17, 15) is 0 Å². The van der Waals surface area contributed by atoms with E-state index in [0.717, 1.165) is 11.6 Å². The number of benzene rings is 1. The van der Waals surface area contributed by atoms with Gasteiger partial charge in [0.05, 0.1) is 11.7 Å². The Kier molecular flexibility index (Phi) is 4.34. The van der Waals surface area contributed by atoms with Gasteiger partial charge >= 0.3 is 0 Å². The summed E-state index contributed by atoms with van der Waals surface area (Å²) in [4.78, 5) is 0. The first-order valence-electron chi connectivity index (χ1n) is 7.84. The van der Waals surface area contributed by atoms with Crippen LogP contribution in [0.5, 0.6) is 0 Å². The van der Waals surface area contributed by atoms with Crippen molar-refractivity contribution in [1.29, 1.82) is 0 Å². The van der Waals surface area contributed by atoms with E-state index >= 15 is 0 Å². The quantitative estimate of drug-likeness (QED) is 0.883. The highest BCUT2D eigenvalue weighted by molar-refractivity contribution is 6.30. The van der Waals surface area contributed by atoms with E-state index in [1.807, 2.05) is 18.2 Å². The molecule has 1 aromatic carbocycles. The molecule has 1 heterocycles. The molecule has 0 bridgehead atoms. The van der Waals surface area contributed by atoms with E-state index in [4.69, 9.17) is 16.3 Å². The van der Waals surface area contributed by atoms with E-state index < -0.39 is 0 Å². The van der Waals surface area contributed by atoms with Gasteiger partial charge in [-0.05, 0) is 50.3 Å². The second kappa shape index (κ2) is 6.05. The van der Waals surface area contributed by atoms with Crippen LogP contribution < -0.4 is 5.32 Å². The zero-order valence-corrected chi connectivity index (χ0v) is 13.0. The van der Waals surface area contributed by atoms with Crippen molar-refractivity contribution >= 4 is 11.6 Å². The van der Waals surface area contributed by atoms with Crippen LogP contribution in [0.25, 0.3) is 0 Å². The van der Waals surface area contributed by atoms with Crippen LogP contribution in [0, 0.1) is 0 Å². The zero-order chi connectivity index (χ0) is 14.0. The van der Waals surface area contributed by atoms with Crippen molar-refractivity contribution in [2.75, 3.05) is 6.54 Å². The van der Waals surface area contributed by atoms with Crippen LogP contribution in [0.2, 0.25) is 5.02 Å². The largest absolute Gasteiger partial charge is 0.370 e. The van der Waals surface area contributed by atoms with E-state index in [1.165, 1.54) is 44.1 Å². The summed E-state index contributed by atoms with van der Waals surface area (Å²) in [7, 11) is 0. The van der Waals surface area contributed by atoms with Gasteiger partial charge in [0.2, 0.25) is 0 Å². The third-order valence-electron chi connectivity index (χ3n) is 4.85. The van der Waals surface area contributed by atoms with Crippen molar-refractivity contribution in [3.63, 3.8) is 0 Å². The van der Waals surface area contributed by atoms with E-state index in [0.29, 0.717) is 12.1 Å². The zero-order valence-electron chi connectivity index (χ0n) is 12.2. The van der Waals surface area contributed by atoms with E-state index in [-0.39, 0.29) is 5.60 Å². The van der Waals surface area contributed by atoms with Crippen molar-refractivity contribution in [2.45, 2.75) is 63.2 Å². The summed E-state index contributed by atoms with van der Waals surface area (Å²) in [5.74, 6) is 0. The molecule has 1 saturated heterocycles. The van der Waals surface area contributed by atoms with Gasteiger partial charge in [0.25, 0.3) is 0 Å². The molecule has 2 atom stereocenters. The SMILES string of the molecule is C[C@@H](NCC1CCC2(CCCC2)O1)c1cccc(Cl)c1.